The van der Waals surface area contributed by atoms with E-state index in [2.05, 4.69) is 18.0 Å². The molecule has 0 saturated heterocycles. The molecular formula is C38H61NO5. The van der Waals surface area contributed by atoms with Crippen LogP contribution in [0.3, 0.4) is 0 Å². The van der Waals surface area contributed by atoms with E-state index in [-0.39, 0.29) is 18.2 Å². The first kappa shape index (κ1) is 37.6. The number of benzene rings is 1. The number of aryl methyl sites for hydroxylation is 1. The van der Waals surface area contributed by atoms with Gasteiger partial charge in [0.2, 0.25) is 0 Å². The van der Waals surface area contributed by atoms with Gasteiger partial charge in [0.1, 0.15) is 11.7 Å². The van der Waals surface area contributed by atoms with Gasteiger partial charge in [-0.3, -0.25) is 9.79 Å². The SMILES string of the molecule is CCCCCCCCCCCCCCCc1cccc(OCC)c1C1C(C(=O)OC(C)C)=C(C)N=C(C)C1C(=O)OC(C)C. The number of carbonyl (C=O) groups excluding carboxylic acids is 2. The van der Waals surface area contributed by atoms with Crippen molar-refractivity contribution in [3.8, 4) is 5.75 Å². The van der Waals surface area contributed by atoms with E-state index in [0.717, 1.165) is 30.4 Å². The summed E-state index contributed by atoms with van der Waals surface area (Å²) >= 11 is 0. The van der Waals surface area contributed by atoms with Gasteiger partial charge >= 0.3 is 11.9 Å². The molecule has 1 aliphatic heterocycles. The van der Waals surface area contributed by atoms with Gasteiger partial charge in [-0.1, -0.05) is 96.1 Å². The van der Waals surface area contributed by atoms with Crippen molar-refractivity contribution in [3.05, 3.63) is 40.6 Å². The quantitative estimate of drug-likeness (QED) is 0.102. The zero-order valence-electron chi connectivity index (χ0n) is 29.1. The summed E-state index contributed by atoms with van der Waals surface area (Å²) in [5, 5.41) is 0. The third-order valence-corrected chi connectivity index (χ3v) is 8.31. The van der Waals surface area contributed by atoms with Crippen LogP contribution in [0.4, 0.5) is 0 Å². The molecule has 44 heavy (non-hydrogen) atoms. The maximum absolute atomic E-state index is 13.6. The highest BCUT2D eigenvalue weighted by Crippen LogP contribution is 2.45. The molecule has 1 aliphatic rings. The summed E-state index contributed by atoms with van der Waals surface area (Å²) in [6, 6.07) is 6.07. The fraction of sp³-hybridized carbons (Fsp3) is 0.711. The van der Waals surface area contributed by atoms with Crippen molar-refractivity contribution in [1.29, 1.82) is 0 Å². The first-order valence-electron chi connectivity index (χ1n) is 17.5. The highest BCUT2D eigenvalue weighted by molar-refractivity contribution is 6.07. The average molecular weight is 612 g/mol. The highest BCUT2D eigenvalue weighted by atomic mass is 16.5. The fourth-order valence-corrected chi connectivity index (χ4v) is 6.28. The molecule has 0 aromatic heterocycles. The van der Waals surface area contributed by atoms with Gasteiger partial charge in [0.25, 0.3) is 0 Å². The molecule has 2 unspecified atom stereocenters. The summed E-state index contributed by atoms with van der Waals surface area (Å²) in [4.78, 5) is 31.9. The molecule has 6 nitrogen and oxygen atoms in total. The first-order chi connectivity index (χ1) is 21.1. The Hall–Kier alpha value is -2.63. The minimum Gasteiger partial charge on any atom is -0.494 e. The number of allylic oxidation sites excluding steroid dienone is 1. The molecule has 0 bridgehead atoms. The average Bonchev–Trinajstić information content (AvgIpc) is 2.94. The van der Waals surface area contributed by atoms with Gasteiger partial charge in [-0.05, 0) is 72.9 Å². The molecule has 1 aromatic rings. The van der Waals surface area contributed by atoms with Gasteiger partial charge < -0.3 is 14.2 Å². The molecule has 6 heteroatoms. The van der Waals surface area contributed by atoms with E-state index in [1.807, 2.05) is 60.6 Å². The summed E-state index contributed by atoms with van der Waals surface area (Å²) in [6.45, 7) is 15.7. The van der Waals surface area contributed by atoms with Crippen LogP contribution < -0.4 is 4.74 Å². The summed E-state index contributed by atoms with van der Waals surface area (Å²) in [6.07, 6.45) is 17.2. The number of hydrogen-bond donors (Lipinski definition) is 0. The topological polar surface area (TPSA) is 74.2 Å². The van der Waals surface area contributed by atoms with E-state index in [9.17, 15) is 9.59 Å². The first-order valence-corrected chi connectivity index (χ1v) is 17.5. The summed E-state index contributed by atoms with van der Waals surface area (Å²) < 4.78 is 17.6. The Morgan fingerprint density at radius 2 is 1.32 bits per heavy atom. The van der Waals surface area contributed by atoms with Crippen LogP contribution in [0, 0.1) is 5.92 Å². The second-order valence-electron chi connectivity index (χ2n) is 12.9. The lowest BCUT2D eigenvalue weighted by Gasteiger charge is -2.34. The predicted octanol–water partition coefficient (Wildman–Crippen LogP) is 10.1. The van der Waals surface area contributed by atoms with E-state index in [1.165, 1.54) is 70.6 Å². The molecule has 2 atom stereocenters. The van der Waals surface area contributed by atoms with E-state index >= 15 is 0 Å². The van der Waals surface area contributed by atoms with Gasteiger partial charge in [-0.2, -0.15) is 0 Å². The van der Waals surface area contributed by atoms with Crippen LogP contribution in [0.25, 0.3) is 0 Å². The number of aliphatic imine (C=N–C) groups is 1. The van der Waals surface area contributed by atoms with Gasteiger partial charge in [0, 0.05) is 22.9 Å². The van der Waals surface area contributed by atoms with Gasteiger partial charge in [-0.15, -0.1) is 0 Å². The summed E-state index contributed by atoms with van der Waals surface area (Å²) in [7, 11) is 0. The van der Waals surface area contributed by atoms with Crippen LogP contribution in [0.2, 0.25) is 0 Å². The van der Waals surface area contributed by atoms with Crippen molar-refractivity contribution < 1.29 is 23.8 Å². The molecule has 248 valence electrons. The van der Waals surface area contributed by atoms with Crippen LogP contribution in [0.1, 0.15) is 156 Å². The molecule has 0 fully saturated rings. The number of nitrogens with zero attached hydrogens (tertiary/aromatic N) is 1. The van der Waals surface area contributed by atoms with Crippen LogP contribution >= 0.6 is 0 Å². The van der Waals surface area contributed by atoms with Crippen LogP contribution in [0.15, 0.2) is 34.5 Å². The molecule has 0 amide bonds. The molecule has 2 rings (SSSR count). The van der Waals surface area contributed by atoms with Crippen LogP contribution in [0.5, 0.6) is 5.75 Å². The van der Waals surface area contributed by atoms with Crippen molar-refractivity contribution in [2.75, 3.05) is 6.61 Å². The molecule has 0 saturated carbocycles. The predicted molar refractivity (Wildman–Crippen MR) is 182 cm³/mol. The van der Waals surface area contributed by atoms with E-state index < -0.39 is 17.8 Å². The van der Waals surface area contributed by atoms with Crippen LogP contribution in [-0.2, 0) is 25.5 Å². The molecule has 1 aromatic carbocycles. The van der Waals surface area contributed by atoms with Crippen molar-refractivity contribution in [2.24, 2.45) is 10.9 Å². The number of esters is 2. The lowest BCUT2D eigenvalue weighted by Crippen LogP contribution is -2.38. The number of hydrogen-bond acceptors (Lipinski definition) is 6. The summed E-state index contributed by atoms with van der Waals surface area (Å²) in [5.74, 6) is -1.48. The number of ether oxygens (including phenoxy) is 3. The molecule has 0 N–H and O–H groups in total. The molecule has 0 aliphatic carbocycles. The smallest absolute Gasteiger partial charge is 0.336 e. The van der Waals surface area contributed by atoms with Crippen molar-refractivity contribution in [2.45, 2.75) is 163 Å². The second-order valence-corrected chi connectivity index (χ2v) is 12.9. The van der Waals surface area contributed by atoms with Gasteiger partial charge in [0.15, 0.2) is 0 Å². The normalized spacial score (nSPS) is 16.8. The standard InChI is InChI=1S/C38H61NO5/c1-9-11-12-13-14-15-16-17-18-19-20-21-22-24-31-25-23-26-32(42-10-2)35(31)36-33(37(40)43-27(3)4)29(7)39-30(8)34(36)38(41)44-28(5)6/h23,25-28,33,36H,9-22,24H2,1-8H3. The fourth-order valence-electron chi connectivity index (χ4n) is 6.28. The maximum atomic E-state index is 13.6. The lowest BCUT2D eigenvalue weighted by molar-refractivity contribution is -0.150. The minimum absolute atomic E-state index is 0.290. The molecule has 0 radical (unpaired) electrons. The Kier molecular flexibility index (Phi) is 17.4. The Balaban J connectivity index is 2.23. The van der Waals surface area contributed by atoms with Crippen molar-refractivity contribution in [1.82, 2.24) is 0 Å². The minimum atomic E-state index is -0.747. The third-order valence-electron chi connectivity index (χ3n) is 8.31. The highest BCUT2D eigenvalue weighted by Gasteiger charge is 2.44. The number of carbonyl (C=O) groups is 2. The molecule has 0 spiro atoms. The Morgan fingerprint density at radius 1 is 0.773 bits per heavy atom. The van der Waals surface area contributed by atoms with Crippen LogP contribution in [-0.4, -0.2) is 36.5 Å². The van der Waals surface area contributed by atoms with E-state index in [1.54, 1.807) is 0 Å². The van der Waals surface area contributed by atoms with Crippen molar-refractivity contribution in [3.63, 3.8) is 0 Å². The number of unbranched alkanes of at least 4 members (excludes halogenated alkanes) is 12. The van der Waals surface area contributed by atoms with Crippen molar-refractivity contribution >= 4 is 17.7 Å². The van der Waals surface area contributed by atoms with Gasteiger partial charge in [-0.25, -0.2) is 4.79 Å². The Labute approximate surface area is 268 Å². The zero-order valence-corrected chi connectivity index (χ0v) is 29.1. The molecular weight excluding hydrogens is 550 g/mol. The maximum Gasteiger partial charge on any atom is 0.336 e. The van der Waals surface area contributed by atoms with Gasteiger partial charge in [0.05, 0.1) is 24.4 Å². The van der Waals surface area contributed by atoms with E-state index in [4.69, 9.17) is 14.2 Å². The largest absolute Gasteiger partial charge is 0.494 e. The number of rotatable bonds is 21. The molecule has 1 heterocycles. The van der Waals surface area contributed by atoms with E-state index in [0.29, 0.717) is 29.3 Å². The second kappa shape index (κ2) is 20.4. The Morgan fingerprint density at radius 3 is 1.84 bits per heavy atom. The zero-order chi connectivity index (χ0) is 32.5. The summed E-state index contributed by atoms with van der Waals surface area (Å²) in [5.41, 5.74) is 3.60. The lowest BCUT2D eigenvalue weighted by atomic mass is 9.73. The monoisotopic (exact) mass is 611 g/mol. The third kappa shape index (κ3) is 12.0. The Bertz CT molecular complexity index is 1090.